The zero-order valence-electron chi connectivity index (χ0n) is 14.8. The molecule has 0 aromatic heterocycles. The number of carbonyl (C=O) groups is 3. The number of nitrogens with one attached hydrogen (secondary N) is 1. The van der Waals surface area contributed by atoms with E-state index in [1.165, 1.54) is 0 Å². The molecule has 27 heavy (non-hydrogen) atoms. The molecule has 0 radical (unpaired) electrons. The number of carbonyl (C=O) groups excluding carboxylic acids is 3. The van der Waals surface area contributed by atoms with Crippen molar-refractivity contribution in [2.75, 3.05) is 25.0 Å². The van der Waals surface area contributed by atoms with Crippen LogP contribution in [0.5, 0.6) is 0 Å². The first-order chi connectivity index (χ1) is 13.0. The van der Waals surface area contributed by atoms with Crippen LogP contribution in [-0.4, -0.2) is 53.2 Å². The van der Waals surface area contributed by atoms with Gasteiger partial charge in [-0.2, -0.15) is 0 Å². The number of ketones is 2. The van der Waals surface area contributed by atoms with E-state index in [2.05, 4.69) is 5.32 Å². The zero-order chi connectivity index (χ0) is 19.0. The summed E-state index contributed by atoms with van der Waals surface area (Å²) in [4.78, 5) is 40.1. The Morgan fingerprint density at radius 3 is 2.30 bits per heavy atom. The Morgan fingerprint density at radius 2 is 1.59 bits per heavy atom. The van der Waals surface area contributed by atoms with Crippen LogP contribution in [0, 0.1) is 0 Å². The van der Waals surface area contributed by atoms with Crippen molar-refractivity contribution in [3.63, 3.8) is 0 Å². The summed E-state index contributed by atoms with van der Waals surface area (Å²) in [5, 5.41) is 12.4. The molecular formula is C21H20N2O4. The van der Waals surface area contributed by atoms with E-state index in [0.29, 0.717) is 48.3 Å². The molecule has 2 aromatic rings. The second kappa shape index (κ2) is 7.06. The summed E-state index contributed by atoms with van der Waals surface area (Å²) >= 11 is 0. The summed E-state index contributed by atoms with van der Waals surface area (Å²) in [6.45, 7) is 1.51. The van der Waals surface area contributed by atoms with E-state index in [1.807, 2.05) is 4.90 Å². The van der Waals surface area contributed by atoms with Gasteiger partial charge in [0.25, 0.3) is 0 Å². The Morgan fingerprint density at radius 1 is 0.963 bits per heavy atom. The van der Waals surface area contributed by atoms with E-state index in [0.717, 1.165) is 0 Å². The lowest BCUT2D eigenvalue weighted by atomic mass is 9.83. The van der Waals surface area contributed by atoms with Crippen LogP contribution in [0.4, 0.5) is 5.69 Å². The van der Waals surface area contributed by atoms with Crippen molar-refractivity contribution < 1.29 is 19.5 Å². The minimum Gasteiger partial charge on any atom is -0.393 e. The topological polar surface area (TPSA) is 86.7 Å². The molecule has 1 heterocycles. The largest absolute Gasteiger partial charge is 0.393 e. The first kappa shape index (κ1) is 17.6. The minimum atomic E-state index is -0.297. The van der Waals surface area contributed by atoms with Crippen molar-refractivity contribution in [3.05, 3.63) is 64.7 Å². The second-order valence-electron chi connectivity index (χ2n) is 6.99. The highest BCUT2D eigenvalue weighted by molar-refractivity contribution is 6.30. The second-order valence-corrected chi connectivity index (χ2v) is 6.99. The molecule has 1 saturated heterocycles. The molecule has 138 valence electrons. The smallest absolute Gasteiger partial charge is 0.238 e. The fraction of sp³-hybridized carbons (Fsp3) is 0.286. The first-order valence-corrected chi connectivity index (χ1v) is 9.06. The van der Waals surface area contributed by atoms with Gasteiger partial charge in [-0.3, -0.25) is 19.3 Å². The van der Waals surface area contributed by atoms with Crippen LogP contribution >= 0.6 is 0 Å². The van der Waals surface area contributed by atoms with Crippen LogP contribution in [0.15, 0.2) is 42.5 Å². The molecule has 0 bridgehead atoms. The maximum absolute atomic E-state index is 12.9. The Hall–Kier alpha value is -2.83. The zero-order valence-corrected chi connectivity index (χ0v) is 14.8. The third-order valence-electron chi connectivity index (χ3n) is 5.15. The van der Waals surface area contributed by atoms with Crippen molar-refractivity contribution in [1.82, 2.24) is 4.90 Å². The van der Waals surface area contributed by atoms with Crippen LogP contribution in [0.3, 0.4) is 0 Å². The van der Waals surface area contributed by atoms with Crippen LogP contribution in [0.1, 0.15) is 44.7 Å². The van der Waals surface area contributed by atoms with Crippen LogP contribution in [0.25, 0.3) is 0 Å². The predicted octanol–water partition coefficient (Wildman–Crippen LogP) is 1.86. The maximum atomic E-state index is 12.9. The van der Waals surface area contributed by atoms with E-state index in [1.54, 1.807) is 42.5 Å². The number of hydrogen-bond acceptors (Lipinski definition) is 5. The van der Waals surface area contributed by atoms with Gasteiger partial charge in [0.15, 0.2) is 11.6 Å². The predicted molar refractivity (Wildman–Crippen MR) is 100 cm³/mol. The Bertz CT molecular complexity index is 930. The summed E-state index contributed by atoms with van der Waals surface area (Å²) in [7, 11) is 0. The average Bonchev–Trinajstić information content (AvgIpc) is 2.68. The molecule has 4 rings (SSSR count). The molecule has 1 aliphatic carbocycles. The third-order valence-corrected chi connectivity index (χ3v) is 5.15. The van der Waals surface area contributed by atoms with Gasteiger partial charge in [-0.15, -0.1) is 0 Å². The van der Waals surface area contributed by atoms with E-state index < -0.39 is 0 Å². The van der Waals surface area contributed by atoms with E-state index in [9.17, 15) is 19.5 Å². The fourth-order valence-electron chi connectivity index (χ4n) is 3.72. The van der Waals surface area contributed by atoms with Gasteiger partial charge in [-0.25, -0.2) is 0 Å². The van der Waals surface area contributed by atoms with Gasteiger partial charge < -0.3 is 10.4 Å². The van der Waals surface area contributed by atoms with Crippen molar-refractivity contribution in [2.45, 2.75) is 18.9 Å². The Kier molecular flexibility index (Phi) is 4.59. The molecule has 0 unspecified atom stereocenters. The number of rotatable bonds is 3. The van der Waals surface area contributed by atoms with Crippen LogP contribution in [0.2, 0.25) is 0 Å². The summed E-state index contributed by atoms with van der Waals surface area (Å²) in [6.07, 6.45) is 1.00. The molecule has 2 N–H and O–H groups in total. The van der Waals surface area contributed by atoms with Crippen molar-refractivity contribution in [2.24, 2.45) is 0 Å². The molecule has 6 nitrogen and oxygen atoms in total. The molecule has 1 fully saturated rings. The standard InChI is InChI=1S/C21H20N2O4/c24-13-8-10-23(11-9-13)12-18(25)22-17-7-3-6-16-19(17)21(27)15-5-2-1-4-14(15)20(16)26/h1-7,13,24H,8-12H2,(H,22,25). The number of aliphatic hydroxyl groups is 1. The number of anilines is 1. The van der Waals surface area contributed by atoms with Gasteiger partial charge >= 0.3 is 0 Å². The summed E-state index contributed by atoms with van der Waals surface area (Å²) in [5.41, 5.74) is 1.69. The molecule has 0 atom stereocenters. The molecule has 1 amide bonds. The van der Waals surface area contributed by atoms with Crippen LogP contribution < -0.4 is 5.32 Å². The van der Waals surface area contributed by atoms with E-state index in [4.69, 9.17) is 0 Å². The Balaban J connectivity index is 1.58. The number of benzene rings is 2. The molecular weight excluding hydrogens is 344 g/mol. The molecule has 1 aliphatic heterocycles. The number of likely N-dealkylation sites (tertiary alicyclic amines) is 1. The van der Waals surface area contributed by atoms with Gasteiger partial charge in [0.1, 0.15) is 0 Å². The molecule has 0 saturated carbocycles. The molecule has 0 spiro atoms. The van der Waals surface area contributed by atoms with E-state index >= 15 is 0 Å². The highest BCUT2D eigenvalue weighted by atomic mass is 16.3. The normalized spacial score (nSPS) is 17.4. The first-order valence-electron chi connectivity index (χ1n) is 9.06. The highest BCUT2D eigenvalue weighted by Gasteiger charge is 2.31. The fourth-order valence-corrected chi connectivity index (χ4v) is 3.72. The third kappa shape index (κ3) is 3.29. The van der Waals surface area contributed by atoms with Gasteiger partial charge in [-0.1, -0.05) is 36.4 Å². The lowest BCUT2D eigenvalue weighted by molar-refractivity contribution is -0.117. The van der Waals surface area contributed by atoms with Gasteiger partial charge in [0.2, 0.25) is 5.91 Å². The monoisotopic (exact) mass is 364 g/mol. The van der Waals surface area contributed by atoms with E-state index in [-0.39, 0.29) is 35.7 Å². The summed E-state index contributed by atoms with van der Waals surface area (Å²) < 4.78 is 0. The number of fused-ring (bicyclic) bond motifs is 2. The SMILES string of the molecule is O=C(CN1CCC(O)CC1)Nc1cccc2c1C(=O)c1ccccc1C2=O. The number of hydrogen-bond donors (Lipinski definition) is 2. The van der Waals surface area contributed by atoms with Gasteiger partial charge in [-0.05, 0) is 18.9 Å². The Labute approximate surface area is 156 Å². The number of amides is 1. The number of piperidine rings is 1. The van der Waals surface area contributed by atoms with Gasteiger partial charge in [0, 0.05) is 29.8 Å². The highest BCUT2D eigenvalue weighted by Crippen LogP contribution is 2.31. The van der Waals surface area contributed by atoms with Crippen molar-refractivity contribution in [1.29, 1.82) is 0 Å². The molecule has 6 heteroatoms. The van der Waals surface area contributed by atoms with Crippen LogP contribution in [-0.2, 0) is 4.79 Å². The average molecular weight is 364 g/mol. The quantitative estimate of drug-likeness (QED) is 0.741. The van der Waals surface area contributed by atoms with Crippen molar-refractivity contribution >= 4 is 23.2 Å². The number of aliphatic hydroxyl groups excluding tert-OH is 1. The molecule has 2 aliphatic rings. The summed E-state index contributed by atoms with van der Waals surface area (Å²) in [6, 6.07) is 11.7. The number of nitrogens with zero attached hydrogens (tertiary/aromatic N) is 1. The lowest BCUT2D eigenvalue weighted by Gasteiger charge is -2.29. The summed E-state index contributed by atoms with van der Waals surface area (Å²) in [5.74, 6) is -0.697. The molecule has 2 aromatic carbocycles. The minimum absolute atomic E-state index is 0.190. The van der Waals surface area contributed by atoms with Crippen molar-refractivity contribution in [3.8, 4) is 0 Å². The lowest BCUT2D eigenvalue weighted by Crippen LogP contribution is -2.40. The van der Waals surface area contributed by atoms with Gasteiger partial charge in [0.05, 0.1) is 23.9 Å². The maximum Gasteiger partial charge on any atom is 0.238 e.